The highest BCUT2D eigenvalue weighted by Gasteiger charge is 2.19. The second-order valence-corrected chi connectivity index (χ2v) is 5.88. The number of anilines is 2. The summed E-state index contributed by atoms with van der Waals surface area (Å²) in [6, 6.07) is 12.2. The molecule has 1 saturated heterocycles. The van der Waals surface area contributed by atoms with Gasteiger partial charge in [-0.05, 0) is 31.2 Å². The van der Waals surface area contributed by atoms with Gasteiger partial charge in [0.25, 0.3) is 0 Å². The third-order valence-corrected chi connectivity index (χ3v) is 4.43. The van der Waals surface area contributed by atoms with Crippen LogP contribution in [0.5, 0.6) is 5.75 Å². The minimum atomic E-state index is 0.784. The largest absolute Gasteiger partial charge is 0.497 e. The molecule has 7 nitrogen and oxygen atoms in total. The van der Waals surface area contributed by atoms with E-state index in [-0.39, 0.29) is 0 Å². The van der Waals surface area contributed by atoms with Gasteiger partial charge in [-0.2, -0.15) is 4.52 Å². The molecule has 7 heteroatoms. The third kappa shape index (κ3) is 2.62. The van der Waals surface area contributed by atoms with Gasteiger partial charge >= 0.3 is 0 Å². The van der Waals surface area contributed by atoms with Gasteiger partial charge in [-0.1, -0.05) is 6.07 Å². The summed E-state index contributed by atoms with van der Waals surface area (Å²) in [6.07, 6.45) is 0. The van der Waals surface area contributed by atoms with Crippen LogP contribution in [0, 0.1) is 6.92 Å². The number of aromatic nitrogens is 4. The highest BCUT2D eigenvalue weighted by atomic mass is 16.5. The van der Waals surface area contributed by atoms with Gasteiger partial charge in [0, 0.05) is 37.9 Å². The van der Waals surface area contributed by atoms with E-state index in [0.29, 0.717) is 0 Å². The Morgan fingerprint density at radius 2 is 1.75 bits per heavy atom. The fraction of sp³-hybridized carbons (Fsp3) is 0.353. The van der Waals surface area contributed by atoms with Gasteiger partial charge in [0.1, 0.15) is 11.6 Å². The molecule has 0 atom stereocenters. The molecule has 2 aromatic heterocycles. The predicted molar refractivity (Wildman–Crippen MR) is 92.9 cm³/mol. The molecule has 0 unspecified atom stereocenters. The first-order valence-electron chi connectivity index (χ1n) is 8.07. The molecule has 0 saturated carbocycles. The maximum Gasteiger partial charge on any atom is 0.178 e. The molecule has 4 rings (SSSR count). The summed E-state index contributed by atoms with van der Waals surface area (Å²) in [4.78, 5) is 4.68. The number of piperazine rings is 1. The van der Waals surface area contributed by atoms with Gasteiger partial charge < -0.3 is 14.5 Å². The van der Waals surface area contributed by atoms with E-state index < -0.39 is 0 Å². The highest BCUT2D eigenvalue weighted by Crippen LogP contribution is 2.23. The van der Waals surface area contributed by atoms with Crippen molar-refractivity contribution in [3.05, 3.63) is 42.2 Å². The first kappa shape index (κ1) is 14.7. The standard InChI is InChI=1S/C17H20N6O/c1-13-18-19-16-6-7-17(20-23(13)16)22-10-8-21(9-11-22)14-4-3-5-15(12-14)24-2/h3-7,12H,8-11H2,1-2H3. The molecule has 0 N–H and O–H groups in total. The normalized spacial score (nSPS) is 15.1. The number of benzene rings is 1. The molecular formula is C17H20N6O. The lowest BCUT2D eigenvalue weighted by molar-refractivity contribution is 0.414. The second-order valence-electron chi connectivity index (χ2n) is 5.88. The Hall–Kier alpha value is -2.83. The molecule has 0 spiro atoms. The van der Waals surface area contributed by atoms with E-state index in [0.717, 1.165) is 49.2 Å². The average molecular weight is 324 g/mol. The lowest BCUT2D eigenvalue weighted by Crippen LogP contribution is -2.47. The Morgan fingerprint density at radius 3 is 2.54 bits per heavy atom. The Balaban J connectivity index is 1.49. The minimum absolute atomic E-state index is 0.784. The van der Waals surface area contributed by atoms with Crippen molar-refractivity contribution in [2.24, 2.45) is 0 Å². The molecule has 1 aromatic carbocycles. The zero-order valence-corrected chi connectivity index (χ0v) is 13.9. The van der Waals surface area contributed by atoms with Crippen LogP contribution in [0.1, 0.15) is 5.82 Å². The minimum Gasteiger partial charge on any atom is -0.497 e. The van der Waals surface area contributed by atoms with E-state index >= 15 is 0 Å². The van der Waals surface area contributed by atoms with E-state index in [2.05, 4.69) is 37.2 Å². The molecule has 0 aliphatic carbocycles. The summed E-state index contributed by atoms with van der Waals surface area (Å²) in [5.74, 6) is 2.67. The molecule has 1 fully saturated rings. The molecule has 0 radical (unpaired) electrons. The fourth-order valence-electron chi connectivity index (χ4n) is 3.06. The summed E-state index contributed by atoms with van der Waals surface area (Å²) in [7, 11) is 1.70. The van der Waals surface area contributed by atoms with Crippen LogP contribution in [-0.4, -0.2) is 53.1 Å². The van der Waals surface area contributed by atoms with Gasteiger partial charge in [0.05, 0.1) is 7.11 Å². The molecule has 124 valence electrons. The molecule has 0 bridgehead atoms. The van der Waals surface area contributed by atoms with Gasteiger partial charge in [-0.15, -0.1) is 15.3 Å². The number of methoxy groups -OCH3 is 1. The number of hydrogen-bond acceptors (Lipinski definition) is 6. The summed E-state index contributed by atoms with van der Waals surface area (Å²) in [5.41, 5.74) is 1.98. The number of hydrogen-bond donors (Lipinski definition) is 0. The van der Waals surface area contributed by atoms with E-state index in [4.69, 9.17) is 4.74 Å². The Bertz CT molecular complexity index is 853. The highest BCUT2D eigenvalue weighted by molar-refractivity contribution is 5.53. The van der Waals surface area contributed by atoms with Crippen LogP contribution in [0.2, 0.25) is 0 Å². The number of fused-ring (bicyclic) bond motifs is 1. The maximum absolute atomic E-state index is 5.32. The first-order chi connectivity index (χ1) is 11.7. The van der Waals surface area contributed by atoms with Gasteiger partial charge in [-0.25, -0.2) is 0 Å². The quantitative estimate of drug-likeness (QED) is 0.732. The molecular weight excluding hydrogens is 304 g/mol. The van der Waals surface area contributed by atoms with Crippen molar-refractivity contribution in [3.63, 3.8) is 0 Å². The predicted octanol–water partition coefficient (Wildman–Crippen LogP) is 1.77. The summed E-state index contributed by atoms with van der Waals surface area (Å²) >= 11 is 0. The van der Waals surface area contributed by atoms with E-state index in [1.807, 2.05) is 31.2 Å². The van der Waals surface area contributed by atoms with Crippen molar-refractivity contribution in [1.29, 1.82) is 0 Å². The SMILES string of the molecule is COc1cccc(N2CCN(c3ccc4nnc(C)n4n3)CC2)c1. The fourth-order valence-corrected chi connectivity index (χ4v) is 3.06. The van der Waals surface area contributed by atoms with Crippen LogP contribution < -0.4 is 14.5 Å². The van der Waals surface area contributed by atoms with Gasteiger partial charge in [0.2, 0.25) is 0 Å². The van der Waals surface area contributed by atoms with E-state index in [9.17, 15) is 0 Å². The van der Waals surface area contributed by atoms with Crippen molar-refractivity contribution in [2.45, 2.75) is 6.92 Å². The van der Waals surface area contributed by atoms with Crippen LogP contribution >= 0.6 is 0 Å². The molecule has 0 amide bonds. The van der Waals surface area contributed by atoms with Gasteiger partial charge in [-0.3, -0.25) is 0 Å². The Kier molecular flexibility index (Phi) is 3.68. The van der Waals surface area contributed by atoms with Crippen LogP contribution in [0.15, 0.2) is 36.4 Å². The number of nitrogens with zero attached hydrogens (tertiary/aromatic N) is 6. The number of ether oxygens (including phenoxy) is 1. The molecule has 3 heterocycles. The molecule has 24 heavy (non-hydrogen) atoms. The third-order valence-electron chi connectivity index (χ3n) is 4.43. The van der Waals surface area contributed by atoms with E-state index in [1.165, 1.54) is 5.69 Å². The smallest absolute Gasteiger partial charge is 0.178 e. The van der Waals surface area contributed by atoms with Crippen LogP contribution in [0.25, 0.3) is 5.65 Å². The van der Waals surface area contributed by atoms with Crippen molar-refractivity contribution in [3.8, 4) is 5.75 Å². The van der Waals surface area contributed by atoms with Crippen LogP contribution in [-0.2, 0) is 0 Å². The van der Waals surface area contributed by atoms with Crippen molar-refractivity contribution in [1.82, 2.24) is 19.8 Å². The van der Waals surface area contributed by atoms with Crippen molar-refractivity contribution in [2.75, 3.05) is 43.1 Å². The van der Waals surface area contributed by atoms with Gasteiger partial charge in [0.15, 0.2) is 11.5 Å². The lowest BCUT2D eigenvalue weighted by Gasteiger charge is -2.36. The van der Waals surface area contributed by atoms with Crippen LogP contribution in [0.4, 0.5) is 11.5 Å². The summed E-state index contributed by atoms with van der Waals surface area (Å²) in [5, 5.41) is 12.8. The molecule has 3 aromatic rings. The summed E-state index contributed by atoms with van der Waals surface area (Å²) < 4.78 is 7.11. The zero-order valence-electron chi connectivity index (χ0n) is 13.9. The van der Waals surface area contributed by atoms with Crippen LogP contribution in [0.3, 0.4) is 0 Å². The lowest BCUT2D eigenvalue weighted by atomic mass is 10.2. The van der Waals surface area contributed by atoms with E-state index in [1.54, 1.807) is 11.6 Å². The zero-order chi connectivity index (χ0) is 16.5. The summed E-state index contributed by atoms with van der Waals surface area (Å²) in [6.45, 7) is 5.67. The first-order valence-corrected chi connectivity index (χ1v) is 8.07. The molecule has 1 aliphatic heterocycles. The monoisotopic (exact) mass is 324 g/mol. The van der Waals surface area contributed by atoms with Crippen molar-refractivity contribution >= 4 is 17.2 Å². The topological polar surface area (TPSA) is 58.8 Å². The number of rotatable bonds is 3. The molecule has 1 aliphatic rings. The maximum atomic E-state index is 5.32. The Morgan fingerprint density at radius 1 is 0.958 bits per heavy atom. The second kappa shape index (κ2) is 5.99. The Labute approximate surface area is 140 Å². The average Bonchev–Trinajstić information content (AvgIpc) is 3.02. The number of aryl methyl sites for hydroxylation is 1. The van der Waals surface area contributed by atoms with Crippen molar-refractivity contribution < 1.29 is 4.74 Å².